The Balaban J connectivity index is 1.75. The highest BCUT2D eigenvalue weighted by Gasteiger charge is 2.31. The minimum absolute atomic E-state index is 0.0960. The Morgan fingerprint density at radius 2 is 1.89 bits per heavy atom. The maximum Gasteiger partial charge on any atom is 0.416 e. The Kier molecular flexibility index (Phi) is 4.89. The molecule has 0 aliphatic carbocycles. The number of amidine groups is 1. The first-order chi connectivity index (χ1) is 13.0. The molecule has 2 aromatic carbocycles. The van der Waals surface area contributed by atoms with Crippen LogP contribution in [0.2, 0.25) is 0 Å². The fourth-order valence-electron chi connectivity index (χ4n) is 2.56. The van der Waals surface area contributed by atoms with Gasteiger partial charge in [0.15, 0.2) is 5.84 Å². The van der Waals surface area contributed by atoms with Crippen LogP contribution in [0.1, 0.15) is 40.9 Å². The first-order valence-electron chi connectivity index (χ1n) is 8.30. The molecule has 2 N–H and O–H groups in total. The summed E-state index contributed by atoms with van der Waals surface area (Å²) in [6.07, 6.45) is -0.795. The number of benzene rings is 2. The number of nitrogens with zero attached hydrogens (tertiary/aromatic N) is 1. The van der Waals surface area contributed by atoms with Crippen molar-refractivity contribution in [1.29, 1.82) is 0 Å². The Labute approximate surface area is 159 Å². The van der Waals surface area contributed by atoms with E-state index in [0.717, 1.165) is 17.7 Å². The van der Waals surface area contributed by atoms with Gasteiger partial charge in [-0.1, -0.05) is 17.3 Å². The number of halogens is 3. The molecule has 3 rings (SSSR count). The summed E-state index contributed by atoms with van der Waals surface area (Å²) in [6, 6.07) is 8.93. The zero-order valence-corrected chi connectivity index (χ0v) is 15.1. The summed E-state index contributed by atoms with van der Waals surface area (Å²) < 4.78 is 44.0. The van der Waals surface area contributed by atoms with Crippen LogP contribution in [0.4, 0.5) is 13.2 Å². The molecule has 0 aromatic heterocycles. The predicted octanol–water partition coefficient (Wildman–Crippen LogP) is 4.37. The van der Waals surface area contributed by atoms with Gasteiger partial charge in [0, 0.05) is 11.1 Å². The van der Waals surface area contributed by atoms with Gasteiger partial charge in [-0.15, -0.1) is 0 Å². The van der Waals surface area contributed by atoms with E-state index in [2.05, 4.69) is 5.16 Å². The lowest BCUT2D eigenvalue weighted by Gasteiger charge is -2.27. The molecule has 5 nitrogen and oxygen atoms in total. The van der Waals surface area contributed by atoms with Gasteiger partial charge in [0.2, 0.25) is 0 Å². The van der Waals surface area contributed by atoms with E-state index in [4.69, 9.17) is 15.3 Å². The summed E-state index contributed by atoms with van der Waals surface area (Å²) in [5, 5.41) is 3.54. The molecule has 0 amide bonds. The van der Waals surface area contributed by atoms with Gasteiger partial charge in [-0.2, -0.15) is 13.2 Å². The van der Waals surface area contributed by atoms with E-state index in [0.29, 0.717) is 17.4 Å². The van der Waals surface area contributed by atoms with E-state index in [1.165, 1.54) is 6.07 Å². The molecule has 0 saturated heterocycles. The van der Waals surface area contributed by atoms with E-state index in [1.807, 2.05) is 26.0 Å². The number of hydrogen-bond donors (Lipinski definition) is 1. The number of ether oxygens (including phenoxy) is 1. The lowest BCUT2D eigenvalue weighted by Crippen LogP contribution is -2.27. The maximum absolute atomic E-state index is 12.7. The SMILES string of the molecule is CC1(C)C=Cc2cc(/C(N)=N/OC(=O)c3cccc(C(F)(F)F)c3)ccc2O1. The van der Waals surface area contributed by atoms with Gasteiger partial charge in [-0.3, -0.25) is 0 Å². The fraction of sp³-hybridized carbons (Fsp3) is 0.200. The van der Waals surface area contributed by atoms with Crippen molar-refractivity contribution < 1.29 is 27.5 Å². The van der Waals surface area contributed by atoms with E-state index < -0.39 is 23.3 Å². The molecular weight excluding hydrogens is 373 g/mol. The molecule has 0 spiro atoms. The second-order valence-electron chi connectivity index (χ2n) is 6.73. The van der Waals surface area contributed by atoms with E-state index in [9.17, 15) is 18.0 Å². The van der Waals surface area contributed by atoms with Crippen molar-refractivity contribution in [2.24, 2.45) is 10.9 Å². The highest BCUT2D eigenvalue weighted by atomic mass is 19.4. The first kappa shape index (κ1) is 19.5. The molecule has 8 heteroatoms. The lowest BCUT2D eigenvalue weighted by atomic mass is 10.0. The van der Waals surface area contributed by atoms with Crippen molar-refractivity contribution in [3.8, 4) is 5.75 Å². The first-order valence-corrected chi connectivity index (χ1v) is 8.30. The second-order valence-corrected chi connectivity index (χ2v) is 6.73. The van der Waals surface area contributed by atoms with Crippen molar-refractivity contribution in [3.05, 3.63) is 70.8 Å². The van der Waals surface area contributed by atoms with Crippen LogP contribution in [0.25, 0.3) is 6.08 Å². The zero-order valence-electron chi connectivity index (χ0n) is 15.1. The van der Waals surface area contributed by atoms with Gasteiger partial charge in [0.25, 0.3) is 0 Å². The van der Waals surface area contributed by atoms with Gasteiger partial charge < -0.3 is 15.3 Å². The van der Waals surface area contributed by atoms with Crippen LogP contribution in [-0.2, 0) is 11.0 Å². The molecule has 0 saturated carbocycles. The Bertz CT molecular complexity index is 979. The van der Waals surface area contributed by atoms with Crippen LogP contribution in [0.15, 0.2) is 53.7 Å². The summed E-state index contributed by atoms with van der Waals surface area (Å²) in [4.78, 5) is 16.7. The van der Waals surface area contributed by atoms with Crippen molar-refractivity contribution in [3.63, 3.8) is 0 Å². The standard InChI is InChI=1S/C20H17F3N2O3/c1-19(2)9-8-12-10-13(6-7-16(12)27-19)17(24)25-28-18(26)14-4-3-5-15(11-14)20(21,22)23/h3-11H,1-2H3,(H2,24,25). The number of oxime groups is 1. The molecule has 2 aromatic rings. The van der Waals surface area contributed by atoms with Crippen molar-refractivity contribution in [1.82, 2.24) is 0 Å². The van der Waals surface area contributed by atoms with Gasteiger partial charge in [-0.25, -0.2) is 4.79 Å². The molecule has 1 aliphatic heterocycles. The van der Waals surface area contributed by atoms with E-state index in [-0.39, 0.29) is 11.4 Å². The summed E-state index contributed by atoms with van der Waals surface area (Å²) in [5.74, 6) is -0.469. The van der Waals surface area contributed by atoms with Crippen molar-refractivity contribution >= 4 is 17.9 Å². The molecule has 1 aliphatic rings. The van der Waals surface area contributed by atoms with Crippen molar-refractivity contribution in [2.75, 3.05) is 0 Å². The quantitative estimate of drug-likeness (QED) is 0.366. The summed E-state index contributed by atoms with van der Waals surface area (Å²) in [7, 11) is 0. The molecule has 0 fully saturated rings. The van der Waals surface area contributed by atoms with Gasteiger partial charge >= 0.3 is 12.1 Å². The number of hydrogen-bond acceptors (Lipinski definition) is 4. The van der Waals surface area contributed by atoms with E-state index in [1.54, 1.807) is 18.2 Å². The molecule has 0 unspecified atom stereocenters. The largest absolute Gasteiger partial charge is 0.483 e. The molecule has 0 atom stereocenters. The van der Waals surface area contributed by atoms with Crippen LogP contribution >= 0.6 is 0 Å². The summed E-state index contributed by atoms with van der Waals surface area (Å²) in [5.41, 5.74) is 5.43. The Morgan fingerprint density at radius 3 is 2.61 bits per heavy atom. The number of carbonyl (C=O) groups excluding carboxylic acids is 1. The van der Waals surface area contributed by atoms with Crippen LogP contribution in [0, 0.1) is 0 Å². The number of rotatable bonds is 3. The van der Waals surface area contributed by atoms with Gasteiger partial charge in [-0.05, 0) is 56.3 Å². The third-order valence-electron chi connectivity index (χ3n) is 4.00. The smallest absolute Gasteiger partial charge is 0.416 e. The van der Waals surface area contributed by atoms with E-state index >= 15 is 0 Å². The number of nitrogens with two attached hydrogens (primary N) is 1. The monoisotopic (exact) mass is 390 g/mol. The number of alkyl halides is 3. The highest BCUT2D eigenvalue weighted by Crippen LogP contribution is 2.31. The zero-order chi connectivity index (χ0) is 20.5. The Hall–Kier alpha value is -3.29. The predicted molar refractivity (Wildman–Crippen MR) is 97.8 cm³/mol. The van der Waals surface area contributed by atoms with Crippen LogP contribution in [0.5, 0.6) is 5.75 Å². The van der Waals surface area contributed by atoms with Crippen LogP contribution in [-0.4, -0.2) is 17.4 Å². The van der Waals surface area contributed by atoms with Crippen LogP contribution < -0.4 is 10.5 Å². The van der Waals surface area contributed by atoms with Gasteiger partial charge in [0.05, 0.1) is 11.1 Å². The average molecular weight is 390 g/mol. The van der Waals surface area contributed by atoms with Crippen molar-refractivity contribution in [2.45, 2.75) is 25.6 Å². The molecule has 0 bridgehead atoms. The fourth-order valence-corrected chi connectivity index (χ4v) is 2.56. The highest BCUT2D eigenvalue weighted by molar-refractivity contribution is 5.99. The normalized spacial score (nSPS) is 15.5. The maximum atomic E-state index is 12.7. The second kappa shape index (κ2) is 7.03. The molecule has 1 heterocycles. The summed E-state index contributed by atoms with van der Waals surface area (Å²) in [6.45, 7) is 3.84. The van der Waals surface area contributed by atoms with Gasteiger partial charge in [0.1, 0.15) is 11.4 Å². The molecule has 0 radical (unpaired) electrons. The Morgan fingerprint density at radius 1 is 1.14 bits per heavy atom. The average Bonchev–Trinajstić information content (AvgIpc) is 2.64. The minimum Gasteiger partial charge on any atom is -0.483 e. The molecular formula is C20H17F3N2O3. The molecule has 146 valence electrons. The third kappa shape index (κ3) is 4.33. The number of carbonyl (C=O) groups is 1. The third-order valence-corrected chi connectivity index (χ3v) is 4.00. The van der Waals surface area contributed by atoms with Crippen LogP contribution in [0.3, 0.4) is 0 Å². The lowest BCUT2D eigenvalue weighted by molar-refractivity contribution is -0.137. The topological polar surface area (TPSA) is 73.9 Å². The summed E-state index contributed by atoms with van der Waals surface area (Å²) >= 11 is 0. The molecule has 28 heavy (non-hydrogen) atoms. The minimum atomic E-state index is -4.56. The number of fused-ring (bicyclic) bond motifs is 1.